The number of carbonyl (C=O) groups excluding carboxylic acids is 2. The molecule has 2 aliphatic rings. The van der Waals surface area contributed by atoms with Crippen LogP contribution in [0.2, 0.25) is 0 Å². The van der Waals surface area contributed by atoms with Crippen LogP contribution in [0.5, 0.6) is 5.75 Å². The van der Waals surface area contributed by atoms with Crippen molar-refractivity contribution in [1.29, 1.82) is 0 Å². The number of benzene rings is 2. The Kier molecular flexibility index (Phi) is 4.39. The van der Waals surface area contributed by atoms with Crippen LogP contribution in [0.15, 0.2) is 57.3 Å². The molecule has 0 saturated carbocycles. The van der Waals surface area contributed by atoms with Gasteiger partial charge in [-0.25, -0.2) is 9.29 Å². The largest absolute Gasteiger partial charge is 0.497 e. The van der Waals surface area contributed by atoms with Gasteiger partial charge in [-0.1, -0.05) is 21.2 Å². The zero-order valence-corrected chi connectivity index (χ0v) is 15.8. The van der Waals surface area contributed by atoms with Crippen molar-refractivity contribution in [2.24, 2.45) is 10.3 Å². The second-order valence-corrected chi connectivity index (χ2v) is 6.99. The fourth-order valence-corrected chi connectivity index (χ4v) is 3.54. The van der Waals surface area contributed by atoms with Gasteiger partial charge in [-0.2, -0.15) is 5.11 Å². The maximum absolute atomic E-state index is 13.2. The van der Waals surface area contributed by atoms with Crippen LogP contribution in [0.25, 0.3) is 0 Å². The zero-order valence-electron chi connectivity index (χ0n) is 14.2. The van der Waals surface area contributed by atoms with Crippen LogP contribution in [0, 0.1) is 5.82 Å². The van der Waals surface area contributed by atoms with Gasteiger partial charge in [0.15, 0.2) is 12.1 Å². The lowest BCUT2D eigenvalue weighted by molar-refractivity contribution is -0.123. The van der Waals surface area contributed by atoms with Gasteiger partial charge in [0.2, 0.25) is 0 Å². The number of halogens is 2. The lowest BCUT2D eigenvalue weighted by Gasteiger charge is -2.21. The van der Waals surface area contributed by atoms with Crippen molar-refractivity contribution < 1.29 is 18.7 Å². The molecule has 7 nitrogen and oxygen atoms in total. The molecule has 0 N–H and O–H groups in total. The van der Waals surface area contributed by atoms with E-state index in [2.05, 4.69) is 26.3 Å². The molecule has 4 rings (SSSR count). The number of amides is 2. The van der Waals surface area contributed by atoms with E-state index in [0.717, 1.165) is 14.9 Å². The molecule has 0 bridgehead atoms. The zero-order chi connectivity index (χ0) is 19.1. The Balaban J connectivity index is 1.61. The predicted molar refractivity (Wildman–Crippen MR) is 97.6 cm³/mol. The number of nitrogens with zero attached hydrogens (tertiary/aromatic N) is 4. The van der Waals surface area contributed by atoms with E-state index in [1.54, 1.807) is 7.11 Å². The SMILES string of the molecule is COc1ccc(Br)c(CN2N=N[C@H]3C(=O)N(c4ccc(F)cc4)C(=O)[C@H]32)c1. The van der Waals surface area contributed by atoms with Crippen LogP contribution in [-0.2, 0) is 16.1 Å². The molecule has 138 valence electrons. The van der Waals surface area contributed by atoms with E-state index < -0.39 is 29.7 Å². The highest BCUT2D eigenvalue weighted by Gasteiger charge is 2.54. The van der Waals surface area contributed by atoms with Crippen LogP contribution in [-0.4, -0.2) is 36.0 Å². The molecule has 2 heterocycles. The second-order valence-electron chi connectivity index (χ2n) is 6.14. The van der Waals surface area contributed by atoms with Crippen molar-refractivity contribution in [3.8, 4) is 5.75 Å². The first-order chi connectivity index (χ1) is 13.0. The topological polar surface area (TPSA) is 74.6 Å². The Hall–Kier alpha value is -2.81. The van der Waals surface area contributed by atoms with Crippen LogP contribution >= 0.6 is 15.9 Å². The highest BCUT2D eigenvalue weighted by molar-refractivity contribution is 9.10. The highest BCUT2D eigenvalue weighted by atomic mass is 79.9. The molecule has 0 aromatic heterocycles. The van der Waals surface area contributed by atoms with Gasteiger partial charge in [0.05, 0.1) is 19.3 Å². The molecule has 9 heteroatoms. The van der Waals surface area contributed by atoms with E-state index in [0.29, 0.717) is 11.4 Å². The Morgan fingerprint density at radius 3 is 2.59 bits per heavy atom. The van der Waals surface area contributed by atoms with Gasteiger partial charge in [-0.3, -0.25) is 14.6 Å². The van der Waals surface area contributed by atoms with Gasteiger partial charge in [-0.15, -0.1) is 0 Å². The third-order valence-electron chi connectivity index (χ3n) is 4.53. The number of hydrogen-bond acceptors (Lipinski definition) is 6. The van der Waals surface area contributed by atoms with Gasteiger partial charge in [0, 0.05) is 4.47 Å². The van der Waals surface area contributed by atoms with E-state index in [1.807, 2.05) is 18.2 Å². The standard InChI is InChI=1S/C18H14BrFN4O3/c1-27-13-6-7-14(19)10(8-13)9-23-16-15(21-22-23)17(25)24(18(16)26)12-4-2-11(20)3-5-12/h2-8,15-16H,9H2,1H3/t15-,16+/m1/s1. The Bertz CT molecular complexity index is 950. The fraction of sp³-hybridized carbons (Fsp3) is 0.222. The van der Waals surface area contributed by atoms with Gasteiger partial charge >= 0.3 is 0 Å². The van der Waals surface area contributed by atoms with Crippen molar-refractivity contribution >= 4 is 33.4 Å². The number of ether oxygens (including phenoxy) is 1. The molecular formula is C18H14BrFN4O3. The summed E-state index contributed by atoms with van der Waals surface area (Å²) in [6.45, 7) is 0.277. The first-order valence-corrected chi connectivity index (χ1v) is 8.92. The van der Waals surface area contributed by atoms with E-state index in [1.165, 1.54) is 29.3 Å². The van der Waals surface area contributed by atoms with Gasteiger partial charge < -0.3 is 4.74 Å². The van der Waals surface area contributed by atoms with Crippen LogP contribution in [0.4, 0.5) is 10.1 Å². The smallest absolute Gasteiger partial charge is 0.263 e. The maximum Gasteiger partial charge on any atom is 0.263 e. The quantitative estimate of drug-likeness (QED) is 0.695. The summed E-state index contributed by atoms with van der Waals surface area (Å²) in [5, 5.41) is 9.51. The molecule has 2 aromatic carbocycles. The number of fused-ring (bicyclic) bond motifs is 1. The van der Waals surface area contributed by atoms with Gasteiger partial charge in [0.1, 0.15) is 11.6 Å². The summed E-state index contributed by atoms with van der Waals surface area (Å²) >= 11 is 3.47. The molecule has 1 fully saturated rings. The number of anilines is 1. The third kappa shape index (κ3) is 2.97. The van der Waals surface area contributed by atoms with Crippen molar-refractivity contribution in [2.75, 3.05) is 12.0 Å². The van der Waals surface area contributed by atoms with E-state index in [9.17, 15) is 14.0 Å². The molecular weight excluding hydrogens is 419 g/mol. The summed E-state index contributed by atoms with van der Waals surface area (Å²) < 4.78 is 19.2. The maximum atomic E-state index is 13.2. The molecule has 2 amide bonds. The number of imide groups is 1. The van der Waals surface area contributed by atoms with E-state index in [4.69, 9.17) is 4.74 Å². The summed E-state index contributed by atoms with van der Waals surface area (Å²) in [5.74, 6) is -0.668. The van der Waals surface area contributed by atoms with Gasteiger partial charge in [0.25, 0.3) is 11.8 Å². The molecule has 0 unspecified atom stereocenters. The molecule has 0 radical (unpaired) electrons. The molecule has 2 aliphatic heterocycles. The average Bonchev–Trinajstić information content (AvgIpc) is 3.18. The molecule has 27 heavy (non-hydrogen) atoms. The van der Waals surface area contributed by atoms with Crippen molar-refractivity contribution in [2.45, 2.75) is 18.6 Å². The minimum atomic E-state index is -0.896. The third-order valence-corrected chi connectivity index (χ3v) is 5.30. The number of methoxy groups -OCH3 is 1. The van der Waals surface area contributed by atoms with Crippen LogP contribution < -0.4 is 9.64 Å². The van der Waals surface area contributed by atoms with E-state index >= 15 is 0 Å². The molecule has 2 aromatic rings. The highest BCUT2D eigenvalue weighted by Crippen LogP contribution is 2.34. The summed E-state index contributed by atoms with van der Waals surface area (Å²) in [4.78, 5) is 26.6. The summed E-state index contributed by atoms with van der Waals surface area (Å²) in [5.41, 5.74) is 1.16. The van der Waals surface area contributed by atoms with Gasteiger partial charge in [-0.05, 0) is 48.0 Å². The summed E-state index contributed by atoms with van der Waals surface area (Å²) in [6, 6.07) is 8.96. The van der Waals surface area contributed by atoms with Crippen LogP contribution in [0.3, 0.4) is 0 Å². The van der Waals surface area contributed by atoms with Crippen LogP contribution in [0.1, 0.15) is 5.56 Å². The molecule has 0 spiro atoms. The number of carbonyl (C=O) groups is 2. The van der Waals surface area contributed by atoms with Crippen molar-refractivity contribution in [3.63, 3.8) is 0 Å². The lowest BCUT2D eigenvalue weighted by atomic mass is 10.1. The minimum absolute atomic E-state index is 0.277. The summed E-state index contributed by atoms with van der Waals surface area (Å²) in [7, 11) is 1.57. The Morgan fingerprint density at radius 1 is 1.15 bits per heavy atom. The summed E-state index contributed by atoms with van der Waals surface area (Å²) in [6.07, 6.45) is 0. The van der Waals surface area contributed by atoms with Crippen molar-refractivity contribution in [1.82, 2.24) is 5.01 Å². The Morgan fingerprint density at radius 2 is 1.89 bits per heavy atom. The minimum Gasteiger partial charge on any atom is -0.497 e. The van der Waals surface area contributed by atoms with Crippen molar-refractivity contribution in [3.05, 3.63) is 58.3 Å². The first kappa shape index (κ1) is 17.6. The monoisotopic (exact) mass is 432 g/mol. The number of rotatable bonds is 4. The van der Waals surface area contributed by atoms with E-state index in [-0.39, 0.29) is 6.54 Å². The molecule has 0 aliphatic carbocycles. The normalized spacial score (nSPS) is 21.1. The number of hydrogen-bond donors (Lipinski definition) is 0. The predicted octanol–water partition coefficient (Wildman–Crippen LogP) is 3.09. The Labute approximate surface area is 162 Å². The fourth-order valence-electron chi connectivity index (χ4n) is 3.17. The lowest BCUT2D eigenvalue weighted by Crippen LogP contribution is -2.39. The molecule has 1 saturated heterocycles. The molecule has 2 atom stereocenters. The average molecular weight is 433 g/mol. The first-order valence-electron chi connectivity index (χ1n) is 8.13. The second kappa shape index (κ2) is 6.73.